The van der Waals surface area contributed by atoms with E-state index >= 15 is 0 Å². The van der Waals surface area contributed by atoms with Gasteiger partial charge in [0.2, 0.25) is 0 Å². The van der Waals surface area contributed by atoms with Gasteiger partial charge >= 0.3 is 6.03 Å². The predicted molar refractivity (Wildman–Crippen MR) is 65.2 cm³/mol. The average Bonchev–Trinajstić information content (AvgIpc) is 2.89. The molecule has 1 spiro atoms. The number of aromatic nitrogens is 1. The molecule has 3 rings (SSSR count). The number of piperidine rings is 1. The lowest BCUT2D eigenvalue weighted by Crippen LogP contribution is -2.53. The SMILES string of the molecule is Cc1cc(CN2C(=O)NC3(CCNCC3)C2=O)no1. The number of amides is 3. The van der Waals surface area contributed by atoms with Crippen LogP contribution in [-0.4, -0.2) is 40.6 Å². The Morgan fingerprint density at radius 3 is 2.79 bits per heavy atom. The topological polar surface area (TPSA) is 87.5 Å². The molecule has 0 atom stereocenters. The van der Waals surface area contributed by atoms with Crippen molar-refractivity contribution in [3.63, 3.8) is 0 Å². The molecule has 0 bridgehead atoms. The molecule has 2 fully saturated rings. The summed E-state index contributed by atoms with van der Waals surface area (Å²) in [5, 5.41) is 9.85. The monoisotopic (exact) mass is 264 g/mol. The van der Waals surface area contributed by atoms with Crippen LogP contribution in [0, 0.1) is 6.92 Å². The fraction of sp³-hybridized carbons (Fsp3) is 0.583. The summed E-state index contributed by atoms with van der Waals surface area (Å²) in [7, 11) is 0. The molecule has 0 radical (unpaired) electrons. The third kappa shape index (κ3) is 1.99. The number of nitrogens with zero attached hydrogens (tertiary/aromatic N) is 2. The second-order valence-electron chi connectivity index (χ2n) is 5.08. The molecule has 7 nitrogen and oxygen atoms in total. The third-order valence-electron chi connectivity index (χ3n) is 3.70. The Morgan fingerprint density at radius 2 is 2.16 bits per heavy atom. The first-order valence-corrected chi connectivity index (χ1v) is 6.38. The Hall–Kier alpha value is -1.89. The van der Waals surface area contributed by atoms with Crippen LogP contribution >= 0.6 is 0 Å². The molecule has 7 heteroatoms. The third-order valence-corrected chi connectivity index (χ3v) is 3.70. The van der Waals surface area contributed by atoms with E-state index in [0.29, 0.717) is 24.3 Å². The lowest BCUT2D eigenvalue weighted by atomic mass is 9.88. The highest BCUT2D eigenvalue weighted by Crippen LogP contribution is 2.27. The fourth-order valence-corrected chi connectivity index (χ4v) is 2.67. The van der Waals surface area contributed by atoms with E-state index in [0.717, 1.165) is 13.1 Å². The molecule has 2 aliphatic heterocycles. The van der Waals surface area contributed by atoms with E-state index < -0.39 is 5.54 Å². The van der Waals surface area contributed by atoms with Crippen LogP contribution < -0.4 is 10.6 Å². The summed E-state index contributed by atoms with van der Waals surface area (Å²) in [5.41, 5.74) is -0.131. The van der Waals surface area contributed by atoms with Crippen LogP contribution in [0.3, 0.4) is 0 Å². The van der Waals surface area contributed by atoms with E-state index in [2.05, 4.69) is 15.8 Å². The van der Waals surface area contributed by atoms with E-state index in [1.807, 2.05) is 0 Å². The first-order valence-electron chi connectivity index (χ1n) is 6.38. The van der Waals surface area contributed by atoms with E-state index in [1.165, 1.54) is 4.90 Å². The van der Waals surface area contributed by atoms with E-state index in [4.69, 9.17) is 4.52 Å². The normalized spacial score (nSPS) is 22.1. The molecule has 3 heterocycles. The number of aryl methyl sites for hydroxylation is 1. The number of nitrogens with one attached hydrogen (secondary N) is 2. The van der Waals surface area contributed by atoms with Crippen molar-refractivity contribution in [1.29, 1.82) is 0 Å². The molecule has 0 unspecified atom stereocenters. The minimum Gasteiger partial charge on any atom is -0.361 e. The predicted octanol–water partition coefficient (Wildman–Crippen LogP) is 0.157. The van der Waals surface area contributed by atoms with Crippen molar-refractivity contribution in [2.24, 2.45) is 0 Å². The lowest BCUT2D eigenvalue weighted by molar-refractivity contribution is -0.132. The lowest BCUT2D eigenvalue weighted by Gasteiger charge is -2.30. The first kappa shape index (κ1) is 12.2. The summed E-state index contributed by atoms with van der Waals surface area (Å²) >= 11 is 0. The minimum atomic E-state index is -0.721. The van der Waals surface area contributed by atoms with Crippen LogP contribution in [0.15, 0.2) is 10.6 Å². The summed E-state index contributed by atoms with van der Waals surface area (Å²) in [6.07, 6.45) is 1.26. The van der Waals surface area contributed by atoms with Gasteiger partial charge in [-0.25, -0.2) is 4.79 Å². The number of carbonyl (C=O) groups excluding carboxylic acids is 2. The van der Waals surface area contributed by atoms with E-state index in [9.17, 15) is 9.59 Å². The quantitative estimate of drug-likeness (QED) is 0.743. The van der Waals surface area contributed by atoms with Crippen LogP contribution in [0.1, 0.15) is 24.3 Å². The van der Waals surface area contributed by atoms with Crippen molar-refractivity contribution in [3.8, 4) is 0 Å². The maximum atomic E-state index is 12.5. The van der Waals surface area contributed by atoms with Crippen LogP contribution in [0.2, 0.25) is 0 Å². The van der Waals surface area contributed by atoms with Crippen LogP contribution in [0.25, 0.3) is 0 Å². The highest BCUT2D eigenvalue weighted by molar-refractivity contribution is 6.07. The smallest absolute Gasteiger partial charge is 0.325 e. The summed E-state index contributed by atoms with van der Waals surface area (Å²) in [5.74, 6) is 0.512. The van der Waals surface area contributed by atoms with Crippen molar-refractivity contribution >= 4 is 11.9 Å². The Morgan fingerprint density at radius 1 is 1.42 bits per heavy atom. The zero-order valence-electron chi connectivity index (χ0n) is 10.7. The summed E-state index contributed by atoms with van der Waals surface area (Å²) < 4.78 is 4.95. The number of hydrogen-bond donors (Lipinski definition) is 2. The molecule has 1 aromatic heterocycles. The maximum Gasteiger partial charge on any atom is 0.325 e. The second-order valence-corrected chi connectivity index (χ2v) is 5.08. The number of hydrogen-bond acceptors (Lipinski definition) is 5. The molecule has 3 amide bonds. The molecule has 0 saturated carbocycles. The van der Waals surface area contributed by atoms with Crippen molar-refractivity contribution in [2.75, 3.05) is 13.1 Å². The molecule has 2 N–H and O–H groups in total. The van der Waals surface area contributed by atoms with Gasteiger partial charge in [-0.1, -0.05) is 5.16 Å². The zero-order valence-corrected chi connectivity index (χ0v) is 10.7. The maximum absolute atomic E-state index is 12.5. The summed E-state index contributed by atoms with van der Waals surface area (Å²) in [4.78, 5) is 25.7. The number of urea groups is 1. The van der Waals surface area contributed by atoms with Crippen molar-refractivity contribution in [3.05, 3.63) is 17.5 Å². The number of rotatable bonds is 2. The second kappa shape index (κ2) is 4.34. The standard InChI is InChI=1S/C12H16N4O3/c1-8-6-9(15-19-8)7-16-10(17)12(14-11(16)18)2-4-13-5-3-12/h6,13H,2-5,7H2,1H3,(H,14,18). The number of imide groups is 1. The Balaban J connectivity index is 1.79. The Bertz CT molecular complexity index is 519. The Labute approximate surface area is 110 Å². The van der Waals surface area contributed by atoms with E-state index in [-0.39, 0.29) is 18.5 Å². The van der Waals surface area contributed by atoms with Gasteiger partial charge < -0.3 is 15.2 Å². The summed E-state index contributed by atoms with van der Waals surface area (Å²) in [6, 6.07) is 1.39. The molecule has 1 aromatic rings. The van der Waals surface area contributed by atoms with Gasteiger partial charge in [0.1, 0.15) is 17.0 Å². The highest BCUT2D eigenvalue weighted by Gasteiger charge is 2.51. The van der Waals surface area contributed by atoms with Crippen LogP contribution in [0.4, 0.5) is 4.79 Å². The van der Waals surface area contributed by atoms with Crippen LogP contribution in [0.5, 0.6) is 0 Å². The first-order chi connectivity index (χ1) is 9.11. The average molecular weight is 264 g/mol. The van der Waals surface area contributed by atoms with Gasteiger partial charge in [-0.15, -0.1) is 0 Å². The van der Waals surface area contributed by atoms with E-state index in [1.54, 1.807) is 13.0 Å². The minimum absolute atomic E-state index is 0.153. The Kier molecular flexibility index (Phi) is 2.78. The molecule has 2 saturated heterocycles. The largest absolute Gasteiger partial charge is 0.361 e. The van der Waals surface area contributed by atoms with Gasteiger partial charge in [0.15, 0.2) is 0 Å². The molecular formula is C12H16N4O3. The number of carbonyl (C=O) groups is 2. The molecule has 0 aromatic carbocycles. The van der Waals surface area contributed by atoms with Gasteiger partial charge in [-0.05, 0) is 32.9 Å². The van der Waals surface area contributed by atoms with Crippen LogP contribution in [-0.2, 0) is 11.3 Å². The van der Waals surface area contributed by atoms with Gasteiger partial charge in [-0.2, -0.15) is 0 Å². The van der Waals surface area contributed by atoms with Gasteiger partial charge in [0, 0.05) is 6.07 Å². The zero-order chi connectivity index (χ0) is 13.5. The molecular weight excluding hydrogens is 248 g/mol. The fourth-order valence-electron chi connectivity index (χ4n) is 2.67. The molecule has 2 aliphatic rings. The van der Waals surface area contributed by atoms with Gasteiger partial charge in [0.25, 0.3) is 5.91 Å². The highest BCUT2D eigenvalue weighted by atomic mass is 16.5. The van der Waals surface area contributed by atoms with Crippen molar-refractivity contribution < 1.29 is 14.1 Å². The van der Waals surface area contributed by atoms with Gasteiger partial charge in [0.05, 0.1) is 6.54 Å². The van der Waals surface area contributed by atoms with Gasteiger partial charge in [-0.3, -0.25) is 9.69 Å². The van der Waals surface area contributed by atoms with Crippen molar-refractivity contribution in [2.45, 2.75) is 31.8 Å². The molecule has 102 valence electrons. The molecule has 19 heavy (non-hydrogen) atoms. The molecule has 0 aliphatic carbocycles. The van der Waals surface area contributed by atoms with Crippen molar-refractivity contribution in [1.82, 2.24) is 20.7 Å². The summed E-state index contributed by atoms with van der Waals surface area (Å²) in [6.45, 7) is 3.42.